The quantitative estimate of drug-likeness (QED) is 0.869. The fourth-order valence-corrected chi connectivity index (χ4v) is 2.29. The van der Waals surface area contributed by atoms with Crippen LogP contribution in [0.25, 0.3) is 0 Å². The van der Waals surface area contributed by atoms with Crippen LogP contribution < -0.4 is 4.90 Å². The van der Waals surface area contributed by atoms with Gasteiger partial charge in [-0.3, -0.25) is 0 Å². The molecule has 6 heteroatoms. The third-order valence-corrected chi connectivity index (χ3v) is 3.78. The first-order valence-corrected chi connectivity index (χ1v) is 6.43. The molecule has 0 fully saturated rings. The number of halogens is 1. The maximum atomic E-state index is 3.92. The summed E-state index contributed by atoms with van der Waals surface area (Å²) in [5, 5.41) is 8.36. The maximum absolute atomic E-state index is 3.92. The summed E-state index contributed by atoms with van der Waals surface area (Å²) in [4.78, 5) is 2.06. The van der Waals surface area contributed by atoms with E-state index < -0.39 is 0 Å². The van der Waals surface area contributed by atoms with Crippen LogP contribution in [0, 0.1) is 0 Å². The largest absolute Gasteiger partial charge is 0.348 e. The lowest BCUT2D eigenvalue weighted by molar-refractivity contribution is 0.846. The van der Waals surface area contributed by atoms with Gasteiger partial charge in [0.15, 0.2) is 0 Å². The Bertz CT molecular complexity index is 446. The fraction of sp³-hybridized carbons (Fsp3) is 0.300. The number of benzene rings is 1. The molecule has 0 saturated heterocycles. The Morgan fingerprint density at radius 2 is 2.19 bits per heavy atom. The predicted octanol–water partition coefficient (Wildman–Crippen LogP) is 2.37. The highest BCUT2D eigenvalue weighted by atomic mass is 79.9. The smallest absolute Gasteiger partial charge is 0.227 e. The Kier molecular flexibility index (Phi) is 3.84. The molecule has 0 N–H and O–H groups in total. The Morgan fingerprint density at radius 1 is 1.38 bits per heavy atom. The molecule has 0 saturated carbocycles. The summed E-state index contributed by atoms with van der Waals surface area (Å²) in [6, 6.07) is 8.25. The highest BCUT2D eigenvalue weighted by Crippen LogP contribution is 2.18. The minimum atomic E-state index is 0.854. The number of rotatable bonds is 4. The summed E-state index contributed by atoms with van der Waals surface area (Å²) in [6.45, 7) is 0.902. The zero-order valence-corrected chi connectivity index (χ0v) is 11.2. The molecule has 0 radical (unpaired) electrons. The summed E-state index contributed by atoms with van der Waals surface area (Å²) < 4.78 is 4.90. The van der Waals surface area contributed by atoms with Crippen molar-refractivity contribution in [2.24, 2.45) is 0 Å². The van der Waals surface area contributed by atoms with Gasteiger partial charge in [0, 0.05) is 29.6 Å². The molecule has 1 aromatic carbocycles. The third kappa shape index (κ3) is 2.76. The number of hydrogen-bond acceptors (Lipinski definition) is 5. The van der Waals surface area contributed by atoms with E-state index in [2.05, 4.69) is 47.8 Å². The topological polar surface area (TPSA) is 41.9 Å². The summed E-state index contributed by atoms with van der Waals surface area (Å²) in [7, 11) is 2.00. The summed E-state index contributed by atoms with van der Waals surface area (Å²) >= 11 is 4.85. The van der Waals surface area contributed by atoms with Gasteiger partial charge in [-0.05, 0) is 23.3 Å². The van der Waals surface area contributed by atoms with Crippen molar-refractivity contribution in [2.45, 2.75) is 6.42 Å². The van der Waals surface area contributed by atoms with Gasteiger partial charge in [-0.15, -0.1) is 0 Å². The number of aromatic nitrogens is 3. The zero-order valence-electron chi connectivity index (χ0n) is 8.80. The normalized spacial score (nSPS) is 10.4. The van der Waals surface area contributed by atoms with Crippen LogP contribution >= 0.6 is 27.5 Å². The van der Waals surface area contributed by atoms with E-state index in [9.17, 15) is 0 Å². The first-order valence-electron chi connectivity index (χ1n) is 4.87. The first-order chi connectivity index (χ1) is 7.77. The van der Waals surface area contributed by atoms with E-state index in [4.69, 9.17) is 0 Å². The van der Waals surface area contributed by atoms with Crippen molar-refractivity contribution in [3.63, 3.8) is 0 Å². The molecule has 0 amide bonds. The van der Waals surface area contributed by atoms with E-state index in [0.717, 1.165) is 22.6 Å². The van der Waals surface area contributed by atoms with Crippen molar-refractivity contribution in [3.8, 4) is 0 Å². The van der Waals surface area contributed by atoms with Crippen LogP contribution in [0.15, 0.2) is 28.7 Å². The molecular formula is C10H11BrN4S. The molecule has 0 spiro atoms. The minimum absolute atomic E-state index is 0.854. The van der Waals surface area contributed by atoms with Gasteiger partial charge < -0.3 is 4.90 Å². The van der Waals surface area contributed by atoms with Crippen molar-refractivity contribution < 1.29 is 0 Å². The van der Waals surface area contributed by atoms with Crippen molar-refractivity contribution >= 4 is 32.6 Å². The van der Waals surface area contributed by atoms with Crippen LogP contribution in [0.5, 0.6) is 0 Å². The zero-order chi connectivity index (χ0) is 11.4. The number of nitrogens with zero attached hydrogens (tertiary/aromatic N) is 4. The van der Waals surface area contributed by atoms with Crippen molar-refractivity contribution in [1.82, 2.24) is 14.8 Å². The molecule has 16 heavy (non-hydrogen) atoms. The monoisotopic (exact) mass is 298 g/mol. The maximum Gasteiger partial charge on any atom is 0.227 e. The van der Waals surface area contributed by atoms with E-state index in [1.807, 2.05) is 19.2 Å². The van der Waals surface area contributed by atoms with Crippen LogP contribution in [0.1, 0.15) is 5.56 Å². The van der Waals surface area contributed by atoms with Gasteiger partial charge in [-0.1, -0.05) is 43.7 Å². The molecule has 0 aliphatic carbocycles. The van der Waals surface area contributed by atoms with Gasteiger partial charge in [-0.25, -0.2) is 0 Å². The predicted molar refractivity (Wildman–Crippen MR) is 68.8 cm³/mol. The molecule has 2 aromatic rings. The van der Waals surface area contributed by atoms with Crippen LogP contribution in [-0.4, -0.2) is 28.4 Å². The summed E-state index contributed by atoms with van der Waals surface area (Å²) in [6.07, 6.45) is 0.970. The molecule has 2 rings (SSSR count). The average Bonchev–Trinajstić information content (AvgIpc) is 2.81. The van der Waals surface area contributed by atoms with Crippen molar-refractivity contribution in [3.05, 3.63) is 34.3 Å². The standard InChI is InChI=1S/C10H11BrN4S/c1-15(10-12-13-14-16-10)7-6-8-4-2-3-5-9(8)11/h2-5H,6-7H2,1H3. The third-order valence-electron chi connectivity index (χ3n) is 2.29. The fourth-order valence-electron chi connectivity index (χ4n) is 1.36. The van der Waals surface area contributed by atoms with Gasteiger partial charge >= 0.3 is 0 Å². The van der Waals surface area contributed by atoms with E-state index in [1.54, 1.807) is 0 Å². The molecule has 0 bridgehead atoms. The second-order valence-corrected chi connectivity index (χ2v) is 4.97. The Labute approximate surface area is 107 Å². The number of hydrogen-bond donors (Lipinski definition) is 0. The Morgan fingerprint density at radius 3 is 2.88 bits per heavy atom. The second-order valence-electron chi connectivity index (χ2n) is 3.41. The lowest BCUT2D eigenvalue weighted by Gasteiger charge is -2.14. The highest BCUT2D eigenvalue weighted by Gasteiger charge is 2.06. The number of anilines is 1. The summed E-state index contributed by atoms with van der Waals surface area (Å²) in [5.41, 5.74) is 1.30. The highest BCUT2D eigenvalue weighted by molar-refractivity contribution is 9.10. The molecule has 0 unspecified atom stereocenters. The molecule has 1 aromatic heterocycles. The lowest BCUT2D eigenvalue weighted by Crippen LogP contribution is -2.20. The molecule has 1 heterocycles. The van der Waals surface area contributed by atoms with Crippen LogP contribution in [0.2, 0.25) is 0 Å². The van der Waals surface area contributed by atoms with Gasteiger partial charge in [0.05, 0.1) is 0 Å². The molecular weight excluding hydrogens is 288 g/mol. The lowest BCUT2D eigenvalue weighted by atomic mass is 10.1. The second kappa shape index (κ2) is 5.36. The molecule has 0 atom stereocenters. The Hall–Kier alpha value is -1.01. The van der Waals surface area contributed by atoms with Crippen molar-refractivity contribution in [1.29, 1.82) is 0 Å². The molecule has 4 nitrogen and oxygen atoms in total. The van der Waals surface area contributed by atoms with E-state index in [1.165, 1.54) is 17.1 Å². The molecule has 84 valence electrons. The van der Waals surface area contributed by atoms with Crippen LogP contribution in [-0.2, 0) is 6.42 Å². The van der Waals surface area contributed by atoms with Gasteiger partial charge in [0.2, 0.25) is 5.13 Å². The number of likely N-dealkylation sites (N-methyl/N-ethyl adjacent to an activating group) is 1. The van der Waals surface area contributed by atoms with E-state index >= 15 is 0 Å². The van der Waals surface area contributed by atoms with E-state index in [0.29, 0.717) is 0 Å². The van der Waals surface area contributed by atoms with E-state index in [-0.39, 0.29) is 0 Å². The summed E-state index contributed by atoms with van der Waals surface area (Å²) in [5.74, 6) is 0. The first kappa shape index (κ1) is 11.5. The van der Waals surface area contributed by atoms with Gasteiger partial charge in [0.25, 0.3) is 0 Å². The van der Waals surface area contributed by atoms with Gasteiger partial charge in [-0.2, -0.15) is 0 Å². The minimum Gasteiger partial charge on any atom is -0.348 e. The van der Waals surface area contributed by atoms with Gasteiger partial charge in [0.1, 0.15) is 0 Å². The molecule has 0 aliphatic rings. The molecule has 0 aliphatic heterocycles. The Balaban J connectivity index is 1.95. The average molecular weight is 299 g/mol. The van der Waals surface area contributed by atoms with Crippen LogP contribution in [0.4, 0.5) is 5.13 Å². The van der Waals surface area contributed by atoms with Crippen molar-refractivity contribution in [2.75, 3.05) is 18.5 Å². The SMILES string of the molecule is CN(CCc1ccccc1Br)c1nnns1. The van der Waals surface area contributed by atoms with Crippen LogP contribution in [0.3, 0.4) is 0 Å².